The maximum atomic E-state index is 13.5. The van der Waals surface area contributed by atoms with E-state index in [-0.39, 0.29) is 12.1 Å². The second-order valence-corrected chi connectivity index (χ2v) is 5.22. The standard InChI is InChI=1S/C14H18F2N2/c15-11-3-1-4-12(16)10(11)9-17-13-6-8-18-7-2-5-14(13)18/h1,3-4,13-14,17H,2,5-9H2. The summed E-state index contributed by atoms with van der Waals surface area (Å²) >= 11 is 0. The van der Waals surface area contributed by atoms with E-state index in [1.807, 2.05) is 0 Å². The molecule has 0 saturated carbocycles. The molecule has 2 atom stereocenters. The Hall–Kier alpha value is -1.00. The number of nitrogens with one attached hydrogen (secondary N) is 1. The molecule has 0 radical (unpaired) electrons. The first-order valence-electron chi connectivity index (χ1n) is 6.66. The summed E-state index contributed by atoms with van der Waals surface area (Å²) in [5, 5.41) is 3.33. The van der Waals surface area contributed by atoms with Crippen molar-refractivity contribution in [2.24, 2.45) is 0 Å². The lowest BCUT2D eigenvalue weighted by atomic mass is 10.1. The van der Waals surface area contributed by atoms with E-state index in [0.717, 1.165) is 13.0 Å². The van der Waals surface area contributed by atoms with E-state index in [4.69, 9.17) is 0 Å². The lowest BCUT2D eigenvalue weighted by Gasteiger charge is -2.21. The minimum Gasteiger partial charge on any atom is -0.308 e. The Morgan fingerprint density at radius 3 is 2.72 bits per heavy atom. The van der Waals surface area contributed by atoms with E-state index >= 15 is 0 Å². The van der Waals surface area contributed by atoms with Gasteiger partial charge in [0.25, 0.3) is 0 Å². The van der Waals surface area contributed by atoms with Crippen molar-refractivity contribution in [2.45, 2.75) is 37.9 Å². The van der Waals surface area contributed by atoms with Crippen molar-refractivity contribution in [3.63, 3.8) is 0 Å². The highest BCUT2D eigenvalue weighted by molar-refractivity contribution is 5.19. The minimum absolute atomic E-state index is 0.161. The normalized spacial score (nSPS) is 27.7. The molecule has 1 N–H and O–H groups in total. The van der Waals surface area contributed by atoms with Gasteiger partial charge in [0.2, 0.25) is 0 Å². The van der Waals surface area contributed by atoms with Crippen LogP contribution in [0, 0.1) is 11.6 Å². The molecule has 2 unspecified atom stereocenters. The Morgan fingerprint density at radius 2 is 1.94 bits per heavy atom. The van der Waals surface area contributed by atoms with Crippen LogP contribution in [0.4, 0.5) is 8.78 Å². The van der Waals surface area contributed by atoms with Crippen molar-refractivity contribution in [3.05, 3.63) is 35.4 Å². The summed E-state index contributed by atoms with van der Waals surface area (Å²) in [5.74, 6) is -0.910. The molecular weight excluding hydrogens is 234 g/mol. The van der Waals surface area contributed by atoms with Crippen LogP contribution in [0.5, 0.6) is 0 Å². The molecule has 4 heteroatoms. The summed E-state index contributed by atoms with van der Waals surface area (Å²) in [6.07, 6.45) is 3.54. The maximum absolute atomic E-state index is 13.5. The summed E-state index contributed by atoms with van der Waals surface area (Å²) in [5.41, 5.74) is 0.161. The average Bonchev–Trinajstić information content (AvgIpc) is 2.92. The van der Waals surface area contributed by atoms with Gasteiger partial charge in [-0.3, -0.25) is 4.90 Å². The number of fused-ring (bicyclic) bond motifs is 1. The number of hydrogen-bond donors (Lipinski definition) is 1. The summed E-state index contributed by atoms with van der Waals surface area (Å²) in [7, 11) is 0. The predicted octanol–water partition coefficient (Wildman–Crippen LogP) is 2.29. The molecule has 2 aliphatic rings. The molecular formula is C14H18F2N2. The highest BCUT2D eigenvalue weighted by Crippen LogP contribution is 2.28. The van der Waals surface area contributed by atoms with Crippen LogP contribution in [0.1, 0.15) is 24.8 Å². The SMILES string of the molecule is Fc1cccc(F)c1CNC1CCN2CCCC12. The van der Waals surface area contributed by atoms with Gasteiger partial charge in [0.15, 0.2) is 0 Å². The summed E-state index contributed by atoms with van der Waals surface area (Å²) in [6, 6.07) is 4.99. The van der Waals surface area contributed by atoms with Crippen LogP contribution in [0.25, 0.3) is 0 Å². The molecule has 0 amide bonds. The molecule has 1 aromatic rings. The Kier molecular flexibility index (Phi) is 3.31. The number of benzene rings is 1. The highest BCUT2D eigenvalue weighted by atomic mass is 19.1. The van der Waals surface area contributed by atoms with Crippen molar-refractivity contribution >= 4 is 0 Å². The first kappa shape index (κ1) is 12.1. The quantitative estimate of drug-likeness (QED) is 0.888. The molecule has 0 aliphatic carbocycles. The number of halogens is 2. The van der Waals surface area contributed by atoms with Gasteiger partial charge in [-0.1, -0.05) is 6.07 Å². The van der Waals surface area contributed by atoms with E-state index in [2.05, 4.69) is 10.2 Å². The molecule has 3 rings (SSSR count). The smallest absolute Gasteiger partial charge is 0.130 e. The van der Waals surface area contributed by atoms with E-state index in [1.54, 1.807) is 0 Å². The molecule has 2 fully saturated rings. The van der Waals surface area contributed by atoms with Crippen LogP contribution in [-0.2, 0) is 6.54 Å². The Balaban J connectivity index is 1.64. The van der Waals surface area contributed by atoms with Gasteiger partial charge >= 0.3 is 0 Å². The van der Waals surface area contributed by atoms with E-state index < -0.39 is 11.6 Å². The van der Waals surface area contributed by atoms with Crippen LogP contribution >= 0.6 is 0 Å². The van der Waals surface area contributed by atoms with E-state index in [1.165, 1.54) is 37.6 Å². The van der Waals surface area contributed by atoms with Crippen LogP contribution in [0.3, 0.4) is 0 Å². The van der Waals surface area contributed by atoms with Crippen LogP contribution in [0.2, 0.25) is 0 Å². The fourth-order valence-electron chi connectivity index (χ4n) is 3.25. The second-order valence-electron chi connectivity index (χ2n) is 5.22. The number of hydrogen-bond acceptors (Lipinski definition) is 2. The zero-order chi connectivity index (χ0) is 12.5. The van der Waals surface area contributed by atoms with Gasteiger partial charge in [-0.15, -0.1) is 0 Å². The molecule has 0 aromatic heterocycles. The monoisotopic (exact) mass is 252 g/mol. The molecule has 0 spiro atoms. The molecule has 98 valence electrons. The van der Waals surface area contributed by atoms with Gasteiger partial charge in [0.05, 0.1) is 0 Å². The van der Waals surface area contributed by atoms with Crippen molar-refractivity contribution in [1.82, 2.24) is 10.2 Å². The molecule has 2 nitrogen and oxygen atoms in total. The van der Waals surface area contributed by atoms with E-state index in [0.29, 0.717) is 12.1 Å². The van der Waals surface area contributed by atoms with Gasteiger partial charge in [0.1, 0.15) is 11.6 Å². The Morgan fingerprint density at radius 1 is 1.17 bits per heavy atom. The summed E-state index contributed by atoms with van der Waals surface area (Å²) in [6.45, 7) is 2.58. The molecule has 2 heterocycles. The minimum atomic E-state index is -0.455. The average molecular weight is 252 g/mol. The third kappa shape index (κ3) is 2.15. The fraction of sp³-hybridized carbons (Fsp3) is 0.571. The van der Waals surface area contributed by atoms with Crippen molar-refractivity contribution in [3.8, 4) is 0 Å². The Bertz CT molecular complexity index is 416. The summed E-state index contributed by atoms with van der Waals surface area (Å²) < 4.78 is 27.0. The second kappa shape index (κ2) is 4.94. The number of rotatable bonds is 3. The molecule has 0 bridgehead atoms. The van der Waals surface area contributed by atoms with Gasteiger partial charge < -0.3 is 5.32 Å². The largest absolute Gasteiger partial charge is 0.308 e. The van der Waals surface area contributed by atoms with Gasteiger partial charge in [-0.2, -0.15) is 0 Å². The molecule has 2 aliphatic heterocycles. The highest BCUT2D eigenvalue weighted by Gasteiger charge is 2.36. The topological polar surface area (TPSA) is 15.3 Å². The number of nitrogens with zero attached hydrogens (tertiary/aromatic N) is 1. The zero-order valence-corrected chi connectivity index (χ0v) is 10.3. The maximum Gasteiger partial charge on any atom is 0.130 e. The fourth-order valence-corrected chi connectivity index (χ4v) is 3.25. The predicted molar refractivity (Wildman–Crippen MR) is 66.2 cm³/mol. The van der Waals surface area contributed by atoms with Crippen LogP contribution < -0.4 is 5.32 Å². The Labute approximate surface area is 106 Å². The van der Waals surface area contributed by atoms with Crippen LogP contribution in [0.15, 0.2) is 18.2 Å². The van der Waals surface area contributed by atoms with Gasteiger partial charge in [-0.25, -0.2) is 8.78 Å². The molecule has 2 saturated heterocycles. The van der Waals surface area contributed by atoms with Crippen LogP contribution in [-0.4, -0.2) is 30.1 Å². The first-order chi connectivity index (χ1) is 8.75. The van der Waals surface area contributed by atoms with Crippen molar-refractivity contribution < 1.29 is 8.78 Å². The lowest BCUT2D eigenvalue weighted by molar-refractivity contribution is 0.297. The first-order valence-corrected chi connectivity index (χ1v) is 6.66. The third-order valence-corrected chi connectivity index (χ3v) is 4.21. The van der Waals surface area contributed by atoms with Crippen molar-refractivity contribution in [2.75, 3.05) is 13.1 Å². The third-order valence-electron chi connectivity index (χ3n) is 4.21. The van der Waals surface area contributed by atoms with Gasteiger partial charge in [0, 0.05) is 30.7 Å². The van der Waals surface area contributed by atoms with E-state index in [9.17, 15) is 8.78 Å². The molecule has 18 heavy (non-hydrogen) atoms. The zero-order valence-electron chi connectivity index (χ0n) is 10.3. The van der Waals surface area contributed by atoms with Crippen molar-refractivity contribution in [1.29, 1.82) is 0 Å². The van der Waals surface area contributed by atoms with Gasteiger partial charge in [-0.05, 0) is 37.9 Å². The molecule has 1 aromatic carbocycles. The lowest BCUT2D eigenvalue weighted by Crippen LogP contribution is -2.39. The summed E-state index contributed by atoms with van der Waals surface area (Å²) in [4.78, 5) is 2.48.